The van der Waals surface area contributed by atoms with Gasteiger partial charge in [-0.1, -0.05) is 13.8 Å². The van der Waals surface area contributed by atoms with Crippen molar-refractivity contribution in [1.29, 1.82) is 0 Å². The molecule has 4 nitrogen and oxygen atoms in total. The third kappa shape index (κ3) is 5.36. The smallest absolute Gasteiger partial charge is 0.211 e. The van der Waals surface area contributed by atoms with Crippen molar-refractivity contribution < 1.29 is 8.42 Å². The molecule has 0 aromatic carbocycles. The normalized spacial score (nSPS) is 29.2. The van der Waals surface area contributed by atoms with E-state index in [1.807, 2.05) is 6.92 Å². The van der Waals surface area contributed by atoms with Gasteiger partial charge in [-0.15, -0.1) is 0 Å². The lowest BCUT2D eigenvalue weighted by atomic mass is 9.92. The fraction of sp³-hybridized carbons (Fsp3) is 1.00. The Morgan fingerprint density at radius 1 is 1.29 bits per heavy atom. The van der Waals surface area contributed by atoms with Crippen LogP contribution in [0.2, 0.25) is 0 Å². The number of hydrogen-bond acceptors (Lipinski definition) is 3. The highest BCUT2D eigenvalue weighted by molar-refractivity contribution is 7.89. The van der Waals surface area contributed by atoms with E-state index in [1.54, 1.807) is 6.92 Å². The van der Waals surface area contributed by atoms with E-state index in [0.29, 0.717) is 11.8 Å². The molecule has 0 amide bonds. The fourth-order valence-corrected chi connectivity index (χ4v) is 3.61. The third-order valence-electron chi connectivity index (χ3n) is 3.24. The highest BCUT2D eigenvalue weighted by Crippen LogP contribution is 2.20. The van der Waals surface area contributed by atoms with E-state index in [-0.39, 0.29) is 11.8 Å². The number of hydrogen-bond donors (Lipinski definition) is 1. The Bertz CT molecular complexity index is 319. The van der Waals surface area contributed by atoms with Crippen LogP contribution in [-0.4, -0.2) is 44.7 Å². The Morgan fingerprint density at radius 2 is 1.82 bits per heavy atom. The molecule has 1 heterocycles. The molecular formula is C12H26N2O2S. The number of piperidine rings is 1. The zero-order valence-corrected chi connectivity index (χ0v) is 12.3. The summed E-state index contributed by atoms with van der Waals surface area (Å²) in [5.74, 6) is 1.59. The summed E-state index contributed by atoms with van der Waals surface area (Å²) in [7, 11) is -3.07. The van der Waals surface area contributed by atoms with E-state index in [9.17, 15) is 8.42 Å². The summed E-state index contributed by atoms with van der Waals surface area (Å²) < 4.78 is 25.6. The summed E-state index contributed by atoms with van der Waals surface area (Å²) >= 11 is 0. The second-order valence-corrected chi connectivity index (χ2v) is 7.63. The minimum Gasteiger partial charge on any atom is -0.301 e. The maximum absolute atomic E-state index is 11.5. The molecule has 102 valence electrons. The maximum Gasteiger partial charge on any atom is 0.211 e. The van der Waals surface area contributed by atoms with Gasteiger partial charge >= 0.3 is 0 Å². The number of rotatable bonds is 5. The molecule has 1 saturated heterocycles. The molecule has 5 heteroatoms. The molecule has 0 spiro atoms. The van der Waals surface area contributed by atoms with Crippen molar-refractivity contribution in [3.8, 4) is 0 Å². The van der Waals surface area contributed by atoms with Crippen LogP contribution in [0.15, 0.2) is 0 Å². The summed E-state index contributed by atoms with van der Waals surface area (Å²) in [5, 5.41) is 0. The molecule has 0 radical (unpaired) electrons. The number of likely N-dealkylation sites (tertiary alicyclic amines) is 1. The predicted octanol–water partition coefficient (Wildman–Crippen LogP) is 1.29. The Kier molecular flexibility index (Phi) is 5.41. The van der Waals surface area contributed by atoms with Gasteiger partial charge in [0.15, 0.2) is 0 Å². The summed E-state index contributed by atoms with van der Waals surface area (Å²) in [4.78, 5) is 2.38. The molecule has 1 aliphatic rings. The first-order chi connectivity index (χ1) is 7.82. The average Bonchev–Trinajstić information content (AvgIpc) is 2.14. The summed E-state index contributed by atoms with van der Waals surface area (Å²) in [6.07, 6.45) is 1.28. The van der Waals surface area contributed by atoms with Gasteiger partial charge in [0.1, 0.15) is 0 Å². The van der Waals surface area contributed by atoms with Gasteiger partial charge in [0.25, 0.3) is 0 Å². The molecule has 17 heavy (non-hydrogen) atoms. The van der Waals surface area contributed by atoms with Gasteiger partial charge in [-0.2, -0.15) is 0 Å². The quantitative estimate of drug-likeness (QED) is 0.812. The van der Waals surface area contributed by atoms with Gasteiger partial charge in [-0.25, -0.2) is 13.1 Å². The second-order valence-electron chi connectivity index (χ2n) is 5.59. The second kappa shape index (κ2) is 6.16. The van der Waals surface area contributed by atoms with Crippen LogP contribution in [0, 0.1) is 11.8 Å². The van der Waals surface area contributed by atoms with Crippen LogP contribution in [0.3, 0.4) is 0 Å². The molecular weight excluding hydrogens is 236 g/mol. The Balaban J connectivity index is 2.43. The van der Waals surface area contributed by atoms with Gasteiger partial charge in [0.2, 0.25) is 10.0 Å². The van der Waals surface area contributed by atoms with Crippen molar-refractivity contribution >= 4 is 10.0 Å². The minimum absolute atomic E-state index is 0.00236. The molecule has 1 N–H and O–H groups in total. The van der Waals surface area contributed by atoms with Gasteiger partial charge in [0.05, 0.1) is 5.75 Å². The van der Waals surface area contributed by atoms with E-state index >= 15 is 0 Å². The molecule has 1 fully saturated rings. The minimum atomic E-state index is -3.07. The topological polar surface area (TPSA) is 49.4 Å². The molecule has 0 saturated carbocycles. The molecule has 0 aliphatic carbocycles. The van der Waals surface area contributed by atoms with Crippen LogP contribution < -0.4 is 4.72 Å². The van der Waals surface area contributed by atoms with Crippen molar-refractivity contribution in [2.24, 2.45) is 11.8 Å². The first-order valence-corrected chi connectivity index (χ1v) is 8.20. The van der Waals surface area contributed by atoms with Gasteiger partial charge in [-0.3, -0.25) is 0 Å². The predicted molar refractivity (Wildman–Crippen MR) is 71.4 cm³/mol. The van der Waals surface area contributed by atoms with Gasteiger partial charge in [0, 0.05) is 25.7 Å². The average molecular weight is 262 g/mol. The standard InChI is InChI=1S/C12H26N2O2S/c1-5-17(15,16)13-12(4)9-14-7-10(2)6-11(3)8-14/h10-13H,5-9H2,1-4H3/t10-,11-,12-/m1/s1. The molecule has 0 unspecified atom stereocenters. The first-order valence-electron chi connectivity index (χ1n) is 6.54. The van der Waals surface area contributed by atoms with Crippen molar-refractivity contribution in [3.63, 3.8) is 0 Å². The van der Waals surface area contributed by atoms with Crippen LogP contribution in [0.5, 0.6) is 0 Å². The highest BCUT2D eigenvalue weighted by atomic mass is 32.2. The Labute approximate surface area is 106 Å². The maximum atomic E-state index is 11.5. The van der Waals surface area contributed by atoms with E-state index in [0.717, 1.165) is 19.6 Å². The van der Waals surface area contributed by atoms with Crippen LogP contribution in [-0.2, 0) is 10.0 Å². The first kappa shape index (κ1) is 14.9. The van der Waals surface area contributed by atoms with Crippen LogP contribution in [0.25, 0.3) is 0 Å². The molecule has 3 atom stereocenters. The molecule has 1 rings (SSSR count). The van der Waals surface area contributed by atoms with Crippen LogP contribution in [0.1, 0.15) is 34.1 Å². The van der Waals surface area contributed by atoms with Crippen LogP contribution in [0.4, 0.5) is 0 Å². The lowest BCUT2D eigenvalue weighted by molar-refractivity contribution is 0.134. The van der Waals surface area contributed by atoms with E-state index < -0.39 is 10.0 Å². The summed E-state index contributed by atoms with van der Waals surface area (Å²) in [5.41, 5.74) is 0. The van der Waals surface area contributed by atoms with E-state index in [4.69, 9.17) is 0 Å². The lowest BCUT2D eigenvalue weighted by Crippen LogP contribution is -2.47. The largest absolute Gasteiger partial charge is 0.301 e. The Morgan fingerprint density at radius 3 is 2.29 bits per heavy atom. The van der Waals surface area contributed by atoms with Crippen molar-refractivity contribution in [1.82, 2.24) is 9.62 Å². The van der Waals surface area contributed by atoms with Crippen molar-refractivity contribution in [2.75, 3.05) is 25.4 Å². The zero-order chi connectivity index (χ0) is 13.1. The van der Waals surface area contributed by atoms with Crippen molar-refractivity contribution in [2.45, 2.75) is 40.2 Å². The number of sulfonamides is 1. The summed E-state index contributed by atoms with van der Waals surface area (Å²) in [6.45, 7) is 11.1. The molecule has 0 aromatic rings. The van der Waals surface area contributed by atoms with E-state index in [1.165, 1.54) is 6.42 Å². The number of nitrogens with zero attached hydrogens (tertiary/aromatic N) is 1. The van der Waals surface area contributed by atoms with Gasteiger partial charge < -0.3 is 4.90 Å². The third-order valence-corrected chi connectivity index (χ3v) is 4.76. The highest BCUT2D eigenvalue weighted by Gasteiger charge is 2.23. The van der Waals surface area contributed by atoms with Gasteiger partial charge in [-0.05, 0) is 32.1 Å². The Hall–Kier alpha value is -0.130. The molecule has 0 aromatic heterocycles. The van der Waals surface area contributed by atoms with Crippen LogP contribution >= 0.6 is 0 Å². The van der Waals surface area contributed by atoms with E-state index in [2.05, 4.69) is 23.5 Å². The monoisotopic (exact) mass is 262 g/mol. The molecule has 0 bridgehead atoms. The SMILES string of the molecule is CCS(=O)(=O)N[C@H](C)CN1C[C@H](C)C[C@@H](C)C1. The zero-order valence-electron chi connectivity index (χ0n) is 11.4. The molecule has 1 aliphatic heterocycles. The van der Waals surface area contributed by atoms with Crippen molar-refractivity contribution in [3.05, 3.63) is 0 Å². The fourth-order valence-electron chi connectivity index (χ4n) is 2.76. The lowest BCUT2D eigenvalue weighted by Gasteiger charge is -2.36. The summed E-state index contributed by atoms with van der Waals surface area (Å²) in [6, 6.07) is -0.00236. The number of nitrogens with one attached hydrogen (secondary N) is 1.